The number of rotatable bonds is 3. The maximum absolute atomic E-state index is 13.5. The lowest BCUT2D eigenvalue weighted by Crippen LogP contribution is -2.50. The molecule has 3 heterocycles. The summed E-state index contributed by atoms with van der Waals surface area (Å²) in [5, 5.41) is 12.5. The molecule has 2 amide bonds. The zero-order valence-corrected chi connectivity index (χ0v) is 17.9. The van der Waals surface area contributed by atoms with Gasteiger partial charge in [-0.2, -0.15) is 0 Å². The van der Waals surface area contributed by atoms with Crippen molar-refractivity contribution in [2.45, 2.75) is 64.0 Å². The normalized spacial score (nSPS) is 29.4. The van der Waals surface area contributed by atoms with Crippen molar-refractivity contribution in [3.8, 4) is 0 Å². The fraction of sp³-hybridized carbons (Fsp3) is 0.682. The molecule has 0 unspecified atom stereocenters. The molecule has 164 valence electrons. The smallest absolute Gasteiger partial charge is 0.411 e. The van der Waals surface area contributed by atoms with Crippen molar-refractivity contribution in [1.29, 1.82) is 0 Å². The Kier molecular flexibility index (Phi) is 5.86. The number of methoxy groups -OCH3 is 1. The average Bonchev–Trinajstić information content (AvgIpc) is 3.05. The van der Waals surface area contributed by atoms with Gasteiger partial charge in [-0.1, -0.05) is 0 Å². The first-order valence-corrected chi connectivity index (χ1v) is 11.0. The number of aliphatic hydroxyl groups is 1. The first-order chi connectivity index (χ1) is 14.4. The van der Waals surface area contributed by atoms with Crippen molar-refractivity contribution in [2.75, 3.05) is 37.0 Å². The number of likely N-dealkylation sites (tertiary alicyclic amines) is 1. The highest BCUT2D eigenvalue weighted by Gasteiger charge is 2.50. The van der Waals surface area contributed by atoms with Gasteiger partial charge >= 0.3 is 6.09 Å². The number of piperidine rings is 1. The molecule has 0 bridgehead atoms. The predicted molar refractivity (Wildman–Crippen MR) is 113 cm³/mol. The van der Waals surface area contributed by atoms with E-state index in [1.165, 1.54) is 7.11 Å². The standard InChI is InChI=1S/C22H32N4O4/c1-15-12-19(23-13-18(15)24-21(29)30-2)25-10-3-8-22(14-25)9-11-26(20(22)28)16-4-6-17(27)7-5-16/h12-13,16-17,27H,3-11,14H2,1-2H3,(H,24,29)/t16-,17-,22-/m1/s1. The summed E-state index contributed by atoms with van der Waals surface area (Å²) in [7, 11) is 1.33. The first-order valence-electron chi connectivity index (χ1n) is 11.0. The summed E-state index contributed by atoms with van der Waals surface area (Å²) >= 11 is 0. The molecule has 3 aliphatic rings. The number of ether oxygens (including phenoxy) is 1. The maximum atomic E-state index is 13.5. The van der Waals surface area contributed by atoms with Gasteiger partial charge in [0.2, 0.25) is 5.91 Å². The van der Waals surface area contributed by atoms with Gasteiger partial charge in [-0.25, -0.2) is 9.78 Å². The Balaban J connectivity index is 1.46. The van der Waals surface area contributed by atoms with Gasteiger partial charge in [0.15, 0.2) is 0 Å². The Morgan fingerprint density at radius 3 is 2.73 bits per heavy atom. The highest BCUT2D eigenvalue weighted by Crippen LogP contribution is 2.43. The number of aliphatic hydroxyl groups excluding tert-OH is 1. The zero-order chi connectivity index (χ0) is 21.3. The van der Waals surface area contributed by atoms with Crippen molar-refractivity contribution in [3.63, 3.8) is 0 Å². The molecule has 1 atom stereocenters. The van der Waals surface area contributed by atoms with E-state index in [0.29, 0.717) is 12.2 Å². The van der Waals surface area contributed by atoms with E-state index >= 15 is 0 Å². The van der Waals surface area contributed by atoms with Crippen molar-refractivity contribution >= 4 is 23.5 Å². The van der Waals surface area contributed by atoms with E-state index in [1.807, 2.05) is 13.0 Å². The van der Waals surface area contributed by atoms with Crippen molar-refractivity contribution < 1.29 is 19.4 Å². The number of carbonyl (C=O) groups is 2. The molecule has 4 rings (SSSR count). The van der Waals surface area contributed by atoms with E-state index in [2.05, 4.69) is 24.8 Å². The van der Waals surface area contributed by atoms with Crippen LogP contribution in [0.25, 0.3) is 0 Å². The van der Waals surface area contributed by atoms with Crippen LogP contribution in [0.5, 0.6) is 0 Å². The second-order valence-corrected chi connectivity index (χ2v) is 8.99. The van der Waals surface area contributed by atoms with E-state index in [-0.39, 0.29) is 23.5 Å². The minimum absolute atomic E-state index is 0.205. The number of hydrogen-bond donors (Lipinski definition) is 2. The number of carbonyl (C=O) groups excluding carboxylic acids is 2. The topological polar surface area (TPSA) is 95.0 Å². The number of hydrogen-bond acceptors (Lipinski definition) is 6. The Morgan fingerprint density at radius 2 is 2.03 bits per heavy atom. The molecule has 0 radical (unpaired) electrons. The van der Waals surface area contributed by atoms with Crippen molar-refractivity contribution in [2.24, 2.45) is 5.41 Å². The quantitative estimate of drug-likeness (QED) is 0.787. The Labute approximate surface area is 177 Å². The maximum Gasteiger partial charge on any atom is 0.411 e. The Morgan fingerprint density at radius 1 is 1.27 bits per heavy atom. The molecule has 1 saturated carbocycles. The van der Waals surface area contributed by atoms with Gasteiger partial charge in [0.25, 0.3) is 0 Å². The molecular weight excluding hydrogens is 384 g/mol. The summed E-state index contributed by atoms with van der Waals surface area (Å²) in [6, 6.07) is 2.24. The molecule has 2 saturated heterocycles. The van der Waals surface area contributed by atoms with Crippen molar-refractivity contribution in [1.82, 2.24) is 9.88 Å². The summed E-state index contributed by atoms with van der Waals surface area (Å²) in [5.41, 5.74) is 1.21. The third kappa shape index (κ3) is 3.97. The minimum Gasteiger partial charge on any atom is -0.453 e. The molecule has 8 heteroatoms. The van der Waals surface area contributed by atoms with Crippen LogP contribution in [-0.4, -0.2) is 65.9 Å². The van der Waals surface area contributed by atoms with E-state index in [9.17, 15) is 14.7 Å². The molecular formula is C22H32N4O4. The van der Waals surface area contributed by atoms with Crippen LogP contribution in [0.2, 0.25) is 0 Å². The summed E-state index contributed by atoms with van der Waals surface area (Å²) < 4.78 is 4.65. The van der Waals surface area contributed by atoms with Gasteiger partial charge in [-0.15, -0.1) is 0 Å². The lowest BCUT2D eigenvalue weighted by atomic mass is 9.78. The highest BCUT2D eigenvalue weighted by atomic mass is 16.5. The van der Waals surface area contributed by atoms with E-state index < -0.39 is 6.09 Å². The van der Waals surface area contributed by atoms with Gasteiger partial charge in [0, 0.05) is 25.7 Å². The lowest BCUT2D eigenvalue weighted by Gasteiger charge is -2.41. The van der Waals surface area contributed by atoms with Gasteiger partial charge < -0.3 is 19.6 Å². The van der Waals surface area contributed by atoms with Crippen LogP contribution in [0.1, 0.15) is 50.5 Å². The molecule has 2 N–H and O–H groups in total. The molecule has 0 aromatic carbocycles. The van der Waals surface area contributed by atoms with Crippen LogP contribution in [0.15, 0.2) is 12.3 Å². The van der Waals surface area contributed by atoms with Crippen LogP contribution in [-0.2, 0) is 9.53 Å². The molecule has 1 spiro atoms. The van der Waals surface area contributed by atoms with Crippen molar-refractivity contribution in [3.05, 3.63) is 17.8 Å². The Bertz CT molecular complexity index is 808. The molecule has 30 heavy (non-hydrogen) atoms. The number of aromatic nitrogens is 1. The summed E-state index contributed by atoms with van der Waals surface area (Å²) in [4.78, 5) is 33.8. The third-order valence-electron chi connectivity index (χ3n) is 7.07. The molecule has 8 nitrogen and oxygen atoms in total. The predicted octanol–water partition coefficient (Wildman–Crippen LogP) is 2.69. The van der Waals surface area contributed by atoms with E-state index in [1.54, 1.807) is 6.20 Å². The highest BCUT2D eigenvalue weighted by molar-refractivity contribution is 5.87. The molecule has 1 aromatic heterocycles. The van der Waals surface area contributed by atoms with Gasteiger partial charge in [0.1, 0.15) is 5.82 Å². The van der Waals surface area contributed by atoms with Crippen LogP contribution >= 0.6 is 0 Å². The molecule has 1 aromatic rings. The van der Waals surface area contributed by atoms with Gasteiger partial charge in [-0.05, 0) is 63.5 Å². The average molecular weight is 417 g/mol. The van der Waals surface area contributed by atoms with Crippen LogP contribution in [0, 0.1) is 12.3 Å². The number of nitrogens with one attached hydrogen (secondary N) is 1. The zero-order valence-electron chi connectivity index (χ0n) is 17.9. The van der Waals surface area contributed by atoms with Crippen LogP contribution < -0.4 is 10.2 Å². The van der Waals surface area contributed by atoms with E-state index in [4.69, 9.17) is 0 Å². The van der Waals surface area contributed by atoms with Crippen LogP contribution in [0.4, 0.5) is 16.3 Å². The number of anilines is 2. The number of aryl methyl sites for hydroxylation is 1. The lowest BCUT2D eigenvalue weighted by molar-refractivity contribution is -0.139. The van der Waals surface area contributed by atoms with E-state index in [0.717, 1.165) is 69.4 Å². The first kappa shape index (κ1) is 20.9. The summed E-state index contributed by atoms with van der Waals surface area (Å²) in [6.45, 7) is 4.31. The molecule has 2 aliphatic heterocycles. The molecule has 3 fully saturated rings. The summed E-state index contributed by atoms with van der Waals surface area (Å²) in [6.07, 6.45) is 7.11. The van der Waals surface area contributed by atoms with Gasteiger partial charge in [0.05, 0.1) is 30.5 Å². The molecule has 1 aliphatic carbocycles. The van der Waals surface area contributed by atoms with Gasteiger partial charge in [-0.3, -0.25) is 10.1 Å². The fourth-order valence-electron chi connectivity index (χ4n) is 5.28. The monoisotopic (exact) mass is 416 g/mol. The third-order valence-corrected chi connectivity index (χ3v) is 7.07. The largest absolute Gasteiger partial charge is 0.453 e. The number of amides is 2. The summed E-state index contributed by atoms with van der Waals surface area (Å²) in [5.74, 6) is 1.13. The SMILES string of the molecule is COC(=O)Nc1cnc(N2CCC[C@@]3(CCN([C@H]4CC[C@H](O)CC4)C3=O)C2)cc1C. The fourth-order valence-corrected chi connectivity index (χ4v) is 5.28. The second kappa shape index (κ2) is 8.41. The Hall–Kier alpha value is -2.35. The van der Waals surface area contributed by atoms with Crippen LogP contribution in [0.3, 0.4) is 0 Å². The minimum atomic E-state index is -0.517. The number of pyridine rings is 1. The number of nitrogens with zero attached hydrogens (tertiary/aromatic N) is 3. The second-order valence-electron chi connectivity index (χ2n) is 8.99.